The fourth-order valence-corrected chi connectivity index (χ4v) is 2.78. The maximum Gasteiger partial charge on any atom is 0.410 e. The zero-order valence-electron chi connectivity index (χ0n) is 14.4. The number of carbonyl (C=O) groups is 2. The van der Waals surface area contributed by atoms with Crippen molar-refractivity contribution in [2.24, 2.45) is 0 Å². The summed E-state index contributed by atoms with van der Waals surface area (Å²) in [6.45, 7) is 2.51. The number of fused-ring (bicyclic) bond motifs is 1. The van der Waals surface area contributed by atoms with Gasteiger partial charge in [0.15, 0.2) is 5.69 Å². The van der Waals surface area contributed by atoms with Gasteiger partial charge in [-0.15, -0.1) is 0 Å². The molecule has 0 aliphatic carbocycles. The number of esters is 1. The Labute approximate surface area is 149 Å². The number of nitrogens with zero attached hydrogens (tertiary/aromatic N) is 2. The van der Waals surface area contributed by atoms with E-state index in [1.807, 2.05) is 30.3 Å². The number of carbonyl (C=O) groups excluding carboxylic acids is 2. The predicted molar refractivity (Wildman–Crippen MR) is 91.6 cm³/mol. The van der Waals surface area contributed by atoms with Gasteiger partial charge in [-0.1, -0.05) is 30.3 Å². The molecule has 0 atom stereocenters. The van der Waals surface area contributed by atoms with E-state index in [2.05, 4.69) is 9.97 Å². The molecule has 2 heterocycles. The second-order valence-corrected chi connectivity index (χ2v) is 5.78. The van der Waals surface area contributed by atoms with Gasteiger partial charge < -0.3 is 19.4 Å². The molecule has 1 aliphatic rings. The molecule has 0 bridgehead atoms. The van der Waals surface area contributed by atoms with Gasteiger partial charge in [-0.05, 0) is 12.5 Å². The molecule has 1 amide bonds. The first-order chi connectivity index (χ1) is 12.6. The van der Waals surface area contributed by atoms with Crippen molar-refractivity contribution in [3.8, 4) is 0 Å². The fraction of sp³-hybridized carbons (Fsp3) is 0.333. The minimum atomic E-state index is -0.672. The van der Waals surface area contributed by atoms with Crippen LogP contribution in [0.4, 0.5) is 4.79 Å². The molecule has 1 aromatic carbocycles. The second-order valence-electron chi connectivity index (χ2n) is 5.78. The zero-order chi connectivity index (χ0) is 18.5. The number of H-pyrrole nitrogens is 1. The van der Waals surface area contributed by atoms with Crippen molar-refractivity contribution in [2.45, 2.75) is 26.5 Å². The number of rotatable bonds is 4. The van der Waals surface area contributed by atoms with Crippen LogP contribution in [0.1, 0.15) is 34.2 Å². The minimum Gasteiger partial charge on any atom is -0.461 e. The highest BCUT2D eigenvalue weighted by Crippen LogP contribution is 2.20. The molecule has 136 valence electrons. The summed E-state index contributed by atoms with van der Waals surface area (Å²) in [4.78, 5) is 43.9. The first-order valence-electron chi connectivity index (χ1n) is 8.33. The van der Waals surface area contributed by atoms with Gasteiger partial charge in [-0.25, -0.2) is 14.4 Å². The Balaban J connectivity index is 1.74. The third-order valence-electron chi connectivity index (χ3n) is 4.03. The van der Waals surface area contributed by atoms with E-state index in [1.165, 1.54) is 4.90 Å². The van der Waals surface area contributed by atoms with Crippen LogP contribution in [0.3, 0.4) is 0 Å². The van der Waals surface area contributed by atoms with Crippen LogP contribution in [-0.2, 0) is 29.0 Å². The molecule has 8 heteroatoms. The van der Waals surface area contributed by atoms with Crippen molar-refractivity contribution in [2.75, 3.05) is 13.2 Å². The highest BCUT2D eigenvalue weighted by atomic mass is 16.6. The van der Waals surface area contributed by atoms with E-state index in [0.717, 1.165) is 5.56 Å². The largest absolute Gasteiger partial charge is 0.461 e. The Kier molecular flexibility index (Phi) is 5.31. The Bertz CT molecular complexity index is 863. The van der Waals surface area contributed by atoms with Crippen LogP contribution in [0.2, 0.25) is 0 Å². The van der Waals surface area contributed by atoms with Crippen LogP contribution in [0.5, 0.6) is 0 Å². The minimum absolute atomic E-state index is 0.0499. The van der Waals surface area contributed by atoms with Crippen molar-refractivity contribution >= 4 is 12.1 Å². The zero-order valence-corrected chi connectivity index (χ0v) is 14.4. The number of amides is 1. The smallest absolute Gasteiger partial charge is 0.410 e. The Hall–Kier alpha value is -3.16. The Morgan fingerprint density at radius 1 is 1.23 bits per heavy atom. The van der Waals surface area contributed by atoms with E-state index >= 15 is 0 Å². The number of ether oxygens (including phenoxy) is 2. The van der Waals surface area contributed by atoms with Crippen LogP contribution in [0, 0.1) is 0 Å². The lowest BCUT2D eigenvalue weighted by atomic mass is 10.0. The Morgan fingerprint density at radius 3 is 2.73 bits per heavy atom. The molecule has 8 nitrogen and oxygen atoms in total. The van der Waals surface area contributed by atoms with E-state index < -0.39 is 17.8 Å². The van der Waals surface area contributed by atoms with Crippen molar-refractivity contribution in [1.82, 2.24) is 14.9 Å². The molecule has 1 aliphatic heterocycles. The average molecular weight is 357 g/mol. The van der Waals surface area contributed by atoms with Gasteiger partial charge in [0, 0.05) is 24.2 Å². The van der Waals surface area contributed by atoms with Crippen LogP contribution in [-0.4, -0.2) is 40.1 Å². The lowest BCUT2D eigenvalue weighted by Gasteiger charge is -2.28. The predicted octanol–water partition coefficient (Wildman–Crippen LogP) is 1.64. The van der Waals surface area contributed by atoms with E-state index in [0.29, 0.717) is 24.2 Å². The fourth-order valence-electron chi connectivity index (χ4n) is 2.78. The second kappa shape index (κ2) is 7.81. The normalized spacial score (nSPS) is 13.0. The molecular weight excluding hydrogens is 338 g/mol. The number of aromatic amines is 1. The summed E-state index contributed by atoms with van der Waals surface area (Å²) in [5.41, 5.74) is 1.32. The highest BCUT2D eigenvalue weighted by molar-refractivity contribution is 5.89. The highest BCUT2D eigenvalue weighted by Gasteiger charge is 2.28. The molecule has 1 aromatic heterocycles. The number of hydrogen-bond acceptors (Lipinski definition) is 6. The maximum absolute atomic E-state index is 12.4. The van der Waals surface area contributed by atoms with Crippen LogP contribution >= 0.6 is 0 Å². The van der Waals surface area contributed by atoms with Gasteiger partial charge in [0.05, 0.1) is 13.2 Å². The van der Waals surface area contributed by atoms with Crippen molar-refractivity contribution in [1.29, 1.82) is 0 Å². The summed E-state index contributed by atoms with van der Waals surface area (Å²) >= 11 is 0. The van der Waals surface area contributed by atoms with Gasteiger partial charge in [-0.2, -0.15) is 4.98 Å². The quantitative estimate of drug-likeness (QED) is 0.835. The number of nitrogens with one attached hydrogen (secondary N) is 1. The SMILES string of the molecule is CCOC(=O)c1nc(=O)[nH]c2c1CN(C(=O)OCc1ccccc1)CC2. The summed E-state index contributed by atoms with van der Waals surface area (Å²) in [6, 6.07) is 9.36. The molecule has 0 saturated heterocycles. The summed E-state index contributed by atoms with van der Waals surface area (Å²) in [6.07, 6.45) is -0.0829. The van der Waals surface area contributed by atoms with Crippen molar-refractivity contribution in [3.05, 3.63) is 63.3 Å². The van der Waals surface area contributed by atoms with E-state index in [1.54, 1.807) is 6.92 Å². The molecule has 0 saturated carbocycles. The molecule has 26 heavy (non-hydrogen) atoms. The monoisotopic (exact) mass is 357 g/mol. The molecule has 0 radical (unpaired) electrons. The third-order valence-corrected chi connectivity index (χ3v) is 4.03. The molecule has 1 N–H and O–H groups in total. The molecule has 0 unspecified atom stereocenters. The number of aromatic nitrogens is 2. The summed E-state index contributed by atoms with van der Waals surface area (Å²) in [5.74, 6) is -0.672. The molecule has 2 aromatic rings. The lowest BCUT2D eigenvalue weighted by Crippen LogP contribution is -2.39. The van der Waals surface area contributed by atoms with Crippen molar-refractivity contribution < 1.29 is 19.1 Å². The van der Waals surface area contributed by atoms with Gasteiger partial charge in [0.2, 0.25) is 0 Å². The molecule has 0 spiro atoms. The summed E-state index contributed by atoms with van der Waals surface area (Å²) in [5, 5.41) is 0. The molecular formula is C18H19N3O5. The van der Waals surface area contributed by atoms with Gasteiger partial charge in [-0.3, -0.25) is 0 Å². The van der Waals surface area contributed by atoms with Gasteiger partial charge in [0.25, 0.3) is 0 Å². The van der Waals surface area contributed by atoms with E-state index in [-0.39, 0.29) is 25.5 Å². The Morgan fingerprint density at radius 2 is 2.00 bits per heavy atom. The summed E-state index contributed by atoms with van der Waals surface area (Å²) in [7, 11) is 0. The summed E-state index contributed by atoms with van der Waals surface area (Å²) < 4.78 is 10.3. The maximum atomic E-state index is 12.4. The number of hydrogen-bond donors (Lipinski definition) is 1. The van der Waals surface area contributed by atoms with Crippen LogP contribution < -0.4 is 5.69 Å². The lowest BCUT2D eigenvalue weighted by molar-refractivity contribution is 0.0512. The first-order valence-corrected chi connectivity index (χ1v) is 8.33. The topological polar surface area (TPSA) is 102 Å². The third kappa shape index (κ3) is 3.90. The van der Waals surface area contributed by atoms with E-state index in [9.17, 15) is 14.4 Å². The van der Waals surface area contributed by atoms with Crippen molar-refractivity contribution in [3.63, 3.8) is 0 Å². The van der Waals surface area contributed by atoms with E-state index in [4.69, 9.17) is 9.47 Å². The molecule has 0 fully saturated rings. The average Bonchev–Trinajstić information content (AvgIpc) is 2.66. The van der Waals surface area contributed by atoms with Crippen LogP contribution in [0.15, 0.2) is 35.1 Å². The standard InChI is InChI=1S/C18H19N3O5/c1-2-25-16(22)15-13-10-21(9-8-14(13)19-17(23)20-15)18(24)26-11-12-6-4-3-5-7-12/h3-7H,2,8-11H2,1H3,(H,19,20,23). The van der Waals surface area contributed by atoms with Crippen LogP contribution in [0.25, 0.3) is 0 Å². The molecule has 3 rings (SSSR count). The number of benzene rings is 1. The first kappa shape index (κ1) is 17.7. The van der Waals surface area contributed by atoms with Gasteiger partial charge >= 0.3 is 17.8 Å². The van der Waals surface area contributed by atoms with Gasteiger partial charge in [0.1, 0.15) is 6.61 Å².